The normalized spacial score (nSPS) is 11.0. The van der Waals surface area contributed by atoms with Gasteiger partial charge in [-0.25, -0.2) is 9.97 Å². The SMILES string of the molecule is Clc1ccc2[nH+]c3[nH]c4ccccc4c3cc2c1.[Cl-]. The minimum Gasteiger partial charge on any atom is -1.00 e. The van der Waals surface area contributed by atoms with E-state index >= 15 is 0 Å². The van der Waals surface area contributed by atoms with Crippen LogP contribution in [0.1, 0.15) is 0 Å². The van der Waals surface area contributed by atoms with Crippen molar-refractivity contribution in [3.05, 3.63) is 53.6 Å². The molecule has 2 aromatic heterocycles. The Morgan fingerprint density at radius 2 is 1.79 bits per heavy atom. The number of benzene rings is 2. The van der Waals surface area contributed by atoms with Crippen molar-refractivity contribution in [2.75, 3.05) is 0 Å². The molecule has 0 saturated heterocycles. The lowest BCUT2D eigenvalue weighted by atomic mass is 10.1. The molecule has 4 aromatic rings. The van der Waals surface area contributed by atoms with E-state index in [1.807, 2.05) is 24.3 Å². The molecule has 4 heteroatoms. The first-order chi connectivity index (χ1) is 8.81. The summed E-state index contributed by atoms with van der Waals surface area (Å²) >= 11 is 6.04. The highest BCUT2D eigenvalue weighted by Crippen LogP contribution is 2.26. The predicted octanol–water partition coefficient (Wildman–Crippen LogP) is 0.946. The first-order valence-electron chi connectivity index (χ1n) is 5.83. The maximum absolute atomic E-state index is 6.04. The first-order valence-corrected chi connectivity index (χ1v) is 6.21. The lowest BCUT2D eigenvalue weighted by molar-refractivity contribution is -0.313. The number of halogens is 2. The summed E-state index contributed by atoms with van der Waals surface area (Å²) in [6.45, 7) is 0. The molecule has 0 amide bonds. The second-order valence-corrected chi connectivity index (χ2v) is 4.90. The molecule has 2 heterocycles. The van der Waals surface area contributed by atoms with Gasteiger partial charge in [-0.3, -0.25) is 0 Å². The van der Waals surface area contributed by atoms with E-state index in [0.29, 0.717) is 0 Å². The highest BCUT2D eigenvalue weighted by molar-refractivity contribution is 6.31. The molecule has 2 nitrogen and oxygen atoms in total. The van der Waals surface area contributed by atoms with Gasteiger partial charge in [-0.1, -0.05) is 23.7 Å². The monoisotopic (exact) mass is 288 g/mol. The van der Waals surface area contributed by atoms with Crippen molar-refractivity contribution in [1.29, 1.82) is 0 Å². The molecule has 0 aliphatic rings. The molecule has 2 aromatic carbocycles. The van der Waals surface area contributed by atoms with Crippen LogP contribution in [0, 0.1) is 0 Å². The Hall–Kier alpha value is -1.77. The van der Waals surface area contributed by atoms with Crippen molar-refractivity contribution in [2.24, 2.45) is 0 Å². The van der Waals surface area contributed by atoms with Gasteiger partial charge in [-0.2, -0.15) is 0 Å². The number of aromatic amines is 2. The number of H-pyrrole nitrogens is 2. The molecule has 0 bridgehead atoms. The number of pyridine rings is 1. The second-order valence-electron chi connectivity index (χ2n) is 4.46. The van der Waals surface area contributed by atoms with Crippen LogP contribution >= 0.6 is 11.6 Å². The maximum Gasteiger partial charge on any atom is 0.285 e. The summed E-state index contributed by atoms with van der Waals surface area (Å²) in [6.07, 6.45) is 0. The molecule has 2 N–H and O–H groups in total. The zero-order valence-electron chi connectivity index (χ0n) is 9.87. The van der Waals surface area contributed by atoms with Crippen LogP contribution in [0.2, 0.25) is 5.02 Å². The van der Waals surface area contributed by atoms with Crippen LogP contribution in [0.4, 0.5) is 0 Å². The van der Waals surface area contributed by atoms with Gasteiger partial charge in [0, 0.05) is 15.8 Å². The van der Waals surface area contributed by atoms with E-state index in [1.54, 1.807) is 0 Å². The predicted molar refractivity (Wildman–Crippen MR) is 74.9 cm³/mol. The number of hydrogen-bond donors (Lipinski definition) is 1. The van der Waals surface area contributed by atoms with Gasteiger partial charge in [0.15, 0.2) is 0 Å². The summed E-state index contributed by atoms with van der Waals surface area (Å²) in [5.74, 6) is 0. The molecule has 4 rings (SSSR count). The zero-order valence-corrected chi connectivity index (χ0v) is 11.4. The van der Waals surface area contributed by atoms with E-state index in [-0.39, 0.29) is 12.4 Å². The molecule has 0 unspecified atom stereocenters. The molecular formula is C15H10Cl2N2. The zero-order chi connectivity index (χ0) is 12.1. The molecule has 94 valence electrons. The molecule has 0 atom stereocenters. The van der Waals surface area contributed by atoms with Crippen molar-refractivity contribution < 1.29 is 17.4 Å². The number of para-hydroxylation sites is 1. The van der Waals surface area contributed by atoms with E-state index in [1.165, 1.54) is 10.8 Å². The summed E-state index contributed by atoms with van der Waals surface area (Å²) in [5, 5.41) is 4.31. The van der Waals surface area contributed by atoms with Gasteiger partial charge in [0.05, 0.1) is 5.39 Å². The third-order valence-electron chi connectivity index (χ3n) is 3.32. The highest BCUT2D eigenvalue weighted by Gasteiger charge is 2.11. The highest BCUT2D eigenvalue weighted by atomic mass is 35.5. The second kappa shape index (κ2) is 4.41. The summed E-state index contributed by atoms with van der Waals surface area (Å²) in [7, 11) is 0. The molecule has 0 spiro atoms. The van der Waals surface area contributed by atoms with E-state index in [2.05, 4.69) is 34.2 Å². The summed E-state index contributed by atoms with van der Waals surface area (Å²) in [6, 6.07) is 16.4. The first kappa shape index (κ1) is 12.3. The Bertz CT molecular complexity index is 896. The van der Waals surface area contributed by atoms with Gasteiger partial charge in [0.2, 0.25) is 0 Å². The quantitative estimate of drug-likeness (QED) is 0.499. The van der Waals surface area contributed by atoms with Crippen LogP contribution in [0.3, 0.4) is 0 Å². The Morgan fingerprint density at radius 1 is 0.947 bits per heavy atom. The van der Waals surface area contributed by atoms with Crippen molar-refractivity contribution in [3.8, 4) is 0 Å². The van der Waals surface area contributed by atoms with Crippen LogP contribution < -0.4 is 17.4 Å². The maximum atomic E-state index is 6.04. The molecule has 19 heavy (non-hydrogen) atoms. The third kappa shape index (κ3) is 1.84. The van der Waals surface area contributed by atoms with Gasteiger partial charge in [0.25, 0.3) is 5.65 Å². The topological polar surface area (TPSA) is 29.9 Å². The smallest absolute Gasteiger partial charge is 0.285 e. The van der Waals surface area contributed by atoms with E-state index < -0.39 is 0 Å². The number of nitrogens with one attached hydrogen (secondary N) is 2. The van der Waals surface area contributed by atoms with Gasteiger partial charge >= 0.3 is 0 Å². The Balaban J connectivity index is 0.00000110. The van der Waals surface area contributed by atoms with Crippen LogP contribution in [0.5, 0.6) is 0 Å². The number of aromatic nitrogens is 2. The summed E-state index contributed by atoms with van der Waals surface area (Å²) < 4.78 is 0. The van der Waals surface area contributed by atoms with E-state index in [0.717, 1.165) is 27.1 Å². The minimum absolute atomic E-state index is 0. The number of fused-ring (bicyclic) bond motifs is 4. The van der Waals surface area contributed by atoms with Gasteiger partial charge in [0.1, 0.15) is 11.0 Å². The fourth-order valence-electron chi connectivity index (χ4n) is 2.47. The summed E-state index contributed by atoms with van der Waals surface area (Å²) in [4.78, 5) is 6.81. The van der Waals surface area contributed by atoms with Gasteiger partial charge in [-0.15, -0.1) is 0 Å². The molecule has 0 aliphatic carbocycles. The Labute approximate surface area is 120 Å². The molecule has 0 radical (unpaired) electrons. The fraction of sp³-hybridized carbons (Fsp3) is 0. The number of rotatable bonds is 0. The number of hydrogen-bond acceptors (Lipinski definition) is 0. The van der Waals surface area contributed by atoms with E-state index in [9.17, 15) is 0 Å². The van der Waals surface area contributed by atoms with Crippen LogP contribution in [-0.2, 0) is 0 Å². The third-order valence-corrected chi connectivity index (χ3v) is 3.55. The van der Waals surface area contributed by atoms with Crippen LogP contribution in [0.25, 0.3) is 32.8 Å². The average molecular weight is 289 g/mol. The van der Waals surface area contributed by atoms with Crippen LogP contribution in [0.15, 0.2) is 48.5 Å². The van der Waals surface area contributed by atoms with Gasteiger partial charge < -0.3 is 12.4 Å². The largest absolute Gasteiger partial charge is 1.00 e. The lowest BCUT2D eigenvalue weighted by Gasteiger charge is -1.95. The fourth-order valence-corrected chi connectivity index (χ4v) is 2.65. The summed E-state index contributed by atoms with van der Waals surface area (Å²) in [5.41, 5.74) is 3.27. The Morgan fingerprint density at radius 3 is 2.68 bits per heavy atom. The average Bonchev–Trinajstić information content (AvgIpc) is 2.74. The molecule has 0 saturated carbocycles. The van der Waals surface area contributed by atoms with Gasteiger partial charge in [-0.05, 0) is 36.4 Å². The molecule has 0 aliphatic heterocycles. The standard InChI is InChI=1S/C15H9ClN2.ClH/c16-10-5-6-13-9(7-10)8-12-11-3-1-2-4-14(11)18-15(12)17-13;/h1-8H,(H,17,18);1H. The van der Waals surface area contributed by atoms with Crippen molar-refractivity contribution in [3.63, 3.8) is 0 Å². The van der Waals surface area contributed by atoms with E-state index in [4.69, 9.17) is 11.6 Å². The minimum atomic E-state index is 0. The Kier molecular flexibility index (Phi) is 2.85. The van der Waals surface area contributed by atoms with Crippen molar-refractivity contribution in [2.45, 2.75) is 0 Å². The van der Waals surface area contributed by atoms with Crippen molar-refractivity contribution in [1.82, 2.24) is 4.98 Å². The van der Waals surface area contributed by atoms with Crippen molar-refractivity contribution >= 4 is 44.4 Å². The molecule has 0 fully saturated rings. The molecular weight excluding hydrogens is 279 g/mol. The lowest BCUT2D eigenvalue weighted by Crippen LogP contribution is -3.00. The van der Waals surface area contributed by atoms with Crippen LogP contribution in [-0.4, -0.2) is 4.98 Å².